The molecular weight excluding hydrogens is 224 g/mol. The van der Waals surface area contributed by atoms with Gasteiger partial charge < -0.3 is 10.6 Å². The van der Waals surface area contributed by atoms with Gasteiger partial charge in [-0.2, -0.15) is 0 Å². The van der Waals surface area contributed by atoms with Crippen LogP contribution in [0.25, 0.3) is 0 Å². The Hall–Kier alpha value is -0.570. The Morgan fingerprint density at radius 2 is 1.83 bits per heavy atom. The van der Waals surface area contributed by atoms with E-state index in [0.717, 1.165) is 25.2 Å². The first kappa shape index (κ1) is 12.5. The van der Waals surface area contributed by atoms with Crippen molar-refractivity contribution in [1.82, 2.24) is 10.6 Å². The molecule has 2 aliphatic heterocycles. The predicted octanol–water partition coefficient (Wildman–Crippen LogP) is 2.21. The molecule has 0 spiro atoms. The zero-order valence-corrected chi connectivity index (χ0v) is 11.5. The Kier molecular flexibility index (Phi) is 3.60. The fourth-order valence-corrected chi connectivity index (χ4v) is 4.23. The van der Waals surface area contributed by atoms with Gasteiger partial charge in [-0.15, -0.1) is 0 Å². The summed E-state index contributed by atoms with van der Waals surface area (Å²) >= 11 is 0. The highest BCUT2D eigenvalue weighted by atomic mass is 16.1. The van der Waals surface area contributed by atoms with Crippen LogP contribution in [-0.4, -0.2) is 24.0 Å². The molecule has 2 N–H and O–H groups in total. The average molecular weight is 250 g/mol. The van der Waals surface area contributed by atoms with Gasteiger partial charge >= 0.3 is 0 Å². The second-order valence-corrected chi connectivity index (χ2v) is 6.86. The molecule has 3 rings (SSSR count). The van der Waals surface area contributed by atoms with Crippen LogP contribution in [-0.2, 0) is 4.79 Å². The monoisotopic (exact) mass is 250 g/mol. The largest absolute Gasteiger partial charge is 0.353 e. The lowest BCUT2D eigenvalue weighted by Crippen LogP contribution is -2.48. The van der Waals surface area contributed by atoms with Gasteiger partial charge in [0.1, 0.15) is 0 Å². The molecule has 4 atom stereocenters. The molecule has 1 aliphatic carbocycles. The summed E-state index contributed by atoms with van der Waals surface area (Å²) < 4.78 is 0. The molecule has 1 saturated carbocycles. The number of hydrogen-bond donors (Lipinski definition) is 2. The topological polar surface area (TPSA) is 41.1 Å². The maximum Gasteiger partial charge on any atom is 0.220 e. The van der Waals surface area contributed by atoms with Crippen LogP contribution in [0, 0.1) is 11.8 Å². The SMILES string of the molecule is CC1CCC(CC(=O)NC2CC3CCC(C2)N3)C1. The molecule has 0 aromatic heterocycles. The van der Waals surface area contributed by atoms with Crippen LogP contribution in [0.4, 0.5) is 0 Å². The second kappa shape index (κ2) is 5.20. The van der Waals surface area contributed by atoms with Gasteiger partial charge in [-0.1, -0.05) is 13.3 Å². The summed E-state index contributed by atoms with van der Waals surface area (Å²) in [5.74, 6) is 1.79. The van der Waals surface area contributed by atoms with Crippen molar-refractivity contribution in [3.8, 4) is 0 Å². The number of carbonyl (C=O) groups is 1. The first-order valence-corrected chi connectivity index (χ1v) is 7.74. The van der Waals surface area contributed by atoms with E-state index >= 15 is 0 Å². The standard InChI is InChI=1S/C15H26N2O/c1-10-2-3-11(6-10)7-15(18)17-14-8-12-4-5-13(9-14)16-12/h10-14,16H,2-9H2,1H3,(H,17,18). The normalized spacial score (nSPS) is 43.1. The number of hydrogen-bond acceptors (Lipinski definition) is 2. The zero-order valence-electron chi connectivity index (χ0n) is 11.5. The van der Waals surface area contributed by atoms with Crippen LogP contribution in [0.5, 0.6) is 0 Å². The Bertz CT molecular complexity index is 306. The van der Waals surface area contributed by atoms with Crippen molar-refractivity contribution in [3.05, 3.63) is 0 Å². The third-order valence-electron chi connectivity index (χ3n) is 5.12. The van der Waals surface area contributed by atoms with Gasteiger partial charge in [-0.25, -0.2) is 0 Å². The second-order valence-electron chi connectivity index (χ2n) is 6.86. The van der Waals surface area contributed by atoms with Crippen molar-refractivity contribution in [1.29, 1.82) is 0 Å². The predicted molar refractivity (Wildman–Crippen MR) is 72.2 cm³/mol. The smallest absolute Gasteiger partial charge is 0.220 e. The summed E-state index contributed by atoms with van der Waals surface area (Å²) in [4.78, 5) is 12.1. The summed E-state index contributed by atoms with van der Waals surface area (Å²) in [5.41, 5.74) is 0. The van der Waals surface area contributed by atoms with Crippen molar-refractivity contribution in [2.75, 3.05) is 0 Å². The molecule has 4 unspecified atom stereocenters. The maximum atomic E-state index is 12.1. The molecule has 102 valence electrons. The quantitative estimate of drug-likeness (QED) is 0.806. The lowest BCUT2D eigenvalue weighted by molar-refractivity contribution is -0.122. The van der Waals surface area contributed by atoms with E-state index in [0.29, 0.717) is 30.0 Å². The molecule has 3 nitrogen and oxygen atoms in total. The third kappa shape index (κ3) is 2.87. The average Bonchev–Trinajstić information content (AvgIpc) is 2.85. The van der Waals surface area contributed by atoms with Gasteiger partial charge in [-0.3, -0.25) is 4.79 Å². The highest BCUT2D eigenvalue weighted by molar-refractivity contribution is 5.76. The summed E-state index contributed by atoms with van der Waals surface area (Å²) in [6, 6.07) is 1.77. The van der Waals surface area contributed by atoms with Gasteiger partial charge in [0.15, 0.2) is 0 Å². The Labute approximate surface area is 110 Å². The van der Waals surface area contributed by atoms with Crippen molar-refractivity contribution in [3.63, 3.8) is 0 Å². The van der Waals surface area contributed by atoms with Crippen molar-refractivity contribution in [2.24, 2.45) is 11.8 Å². The number of fused-ring (bicyclic) bond motifs is 2. The number of amides is 1. The van der Waals surface area contributed by atoms with Crippen LogP contribution < -0.4 is 10.6 Å². The van der Waals surface area contributed by atoms with Crippen LogP contribution >= 0.6 is 0 Å². The fourth-order valence-electron chi connectivity index (χ4n) is 4.23. The lowest BCUT2D eigenvalue weighted by atomic mass is 9.98. The molecule has 2 bridgehead atoms. The zero-order chi connectivity index (χ0) is 12.5. The minimum atomic E-state index is 0.306. The number of nitrogens with one attached hydrogen (secondary N) is 2. The van der Waals surface area contributed by atoms with Crippen LogP contribution in [0.15, 0.2) is 0 Å². The Morgan fingerprint density at radius 1 is 1.11 bits per heavy atom. The van der Waals surface area contributed by atoms with E-state index in [9.17, 15) is 4.79 Å². The molecule has 3 heteroatoms. The Balaban J connectivity index is 1.43. The first-order chi connectivity index (χ1) is 8.69. The summed E-state index contributed by atoms with van der Waals surface area (Å²) in [7, 11) is 0. The van der Waals surface area contributed by atoms with Crippen molar-refractivity contribution in [2.45, 2.75) is 76.4 Å². The number of rotatable bonds is 3. The summed E-state index contributed by atoms with van der Waals surface area (Å²) in [6.07, 6.45) is 9.48. The van der Waals surface area contributed by atoms with E-state index < -0.39 is 0 Å². The molecule has 2 saturated heterocycles. The molecule has 0 aromatic carbocycles. The highest BCUT2D eigenvalue weighted by Gasteiger charge is 2.34. The maximum absolute atomic E-state index is 12.1. The molecule has 18 heavy (non-hydrogen) atoms. The van der Waals surface area contributed by atoms with Gasteiger partial charge in [0, 0.05) is 24.5 Å². The summed E-state index contributed by atoms with van der Waals surface area (Å²) in [5, 5.41) is 6.90. The van der Waals surface area contributed by atoms with Crippen LogP contribution in [0.3, 0.4) is 0 Å². The minimum absolute atomic E-state index is 0.306. The van der Waals surface area contributed by atoms with Crippen molar-refractivity contribution >= 4 is 5.91 Å². The number of carbonyl (C=O) groups excluding carboxylic acids is 1. The van der Waals surface area contributed by atoms with Gasteiger partial charge in [0.05, 0.1) is 0 Å². The molecule has 3 fully saturated rings. The van der Waals surface area contributed by atoms with Gasteiger partial charge in [0.2, 0.25) is 5.91 Å². The highest BCUT2D eigenvalue weighted by Crippen LogP contribution is 2.32. The number of piperidine rings is 1. The van der Waals surface area contributed by atoms with E-state index in [4.69, 9.17) is 0 Å². The van der Waals surface area contributed by atoms with E-state index in [1.807, 2.05) is 0 Å². The molecule has 0 radical (unpaired) electrons. The molecule has 0 aromatic rings. The van der Waals surface area contributed by atoms with Crippen molar-refractivity contribution < 1.29 is 4.79 Å². The van der Waals surface area contributed by atoms with Gasteiger partial charge in [-0.05, 0) is 50.4 Å². The van der Waals surface area contributed by atoms with E-state index in [1.54, 1.807) is 0 Å². The Morgan fingerprint density at radius 3 is 2.44 bits per heavy atom. The molecule has 2 heterocycles. The van der Waals surface area contributed by atoms with E-state index in [2.05, 4.69) is 17.6 Å². The molecule has 3 aliphatic rings. The minimum Gasteiger partial charge on any atom is -0.353 e. The van der Waals surface area contributed by atoms with E-state index in [1.165, 1.54) is 32.1 Å². The van der Waals surface area contributed by atoms with E-state index in [-0.39, 0.29) is 0 Å². The fraction of sp³-hybridized carbons (Fsp3) is 0.933. The van der Waals surface area contributed by atoms with Crippen LogP contribution in [0.1, 0.15) is 58.3 Å². The first-order valence-electron chi connectivity index (χ1n) is 7.74. The molecule has 1 amide bonds. The third-order valence-corrected chi connectivity index (χ3v) is 5.12. The van der Waals surface area contributed by atoms with Crippen LogP contribution in [0.2, 0.25) is 0 Å². The van der Waals surface area contributed by atoms with Gasteiger partial charge in [0.25, 0.3) is 0 Å². The molecular formula is C15H26N2O. The summed E-state index contributed by atoms with van der Waals surface area (Å²) in [6.45, 7) is 2.31. The lowest BCUT2D eigenvalue weighted by Gasteiger charge is -2.30.